The van der Waals surface area contributed by atoms with Crippen LogP contribution in [0.3, 0.4) is 0 Å². The summed E-state index contributed by atoms with van der Waals surface area (Å²) in [6.07, 6.45) is 5.15. The van der Waals surface area contributed by atoms with Gasteiger partial charge in [0.1, 0.15) is 29.8 Å². The van der Waals surface area contributed by atoms with Gasteiger partial charge in [-0.25, -0.2) is 0 Å². The third kappa shape index (κ3) is 7.04. The minimum atomic E-state index is -1.52. The molecule has 272 valence electrons. The fourth-order valence-corrected chi connectivity index (χ4v) is 9.40. The molecule has 3 amide bonds. The van der Waals surface area contributed by atoms with Gasteiger partial charge in [-0.1, -0.05) is 110 Å². The van der Waals surface area contributed by atoms with Crippen LogP contribution in [0.2, 0.25) is 0 Å². The van der Waals surface area contributed by atoms with Crippen molar-refractivity contribution in [2.45, 2.75) is 89.3 Å². The highest BCUT2D eigenvalue weighted by Crippen LogP contribution is 2.60. The number of esters is 1. The summed E-state index contributed by atoms with van der Waals surface area (Å²) in [6, 6.07) is 16.2. The van der Waals surface area contributed by atoms with E-state index < -0.39 is 65.8 Å². The number of nitrogens with zero attached hydrogens (tertiary/aromatic N) is 2. The molecular formula is C40H48BrN3O7. The summed E-state index contributed by atoms with van der Waals surface area (Å²) in [5.74, 6) is -3.89. The molecule has 4 aliphatic heterocycles. The van der Waals surface area contributed by atoms with Crippen LogP contribution >= 0.6 is 15.9 Å². The normalized spacial score (nSPS) is 30.1. The molecule has 2 fully saturated rings. The first-order chi connectivity index (χ1) is 24.2. The largest absolute Gasteiger partial charge is 0.455 e. The number of amides is 3. The maximum Gasteiger partial charge on any atom is 0.313 e. The molecule has 2 aromatic carbocycles. The van der Waals surface area contributed by atoms with Crippen molar-refractivity contribution in [1.82, 2.24) is 15.1 Å². The number of fused-ring (bicyclic) bond motifs is 2. The van der Waals surface area contributed by atoms with Gasteiger partial charge in [0.2, 0.25) is 17.7 Å². The van der Waals surface area contributed by atoms with Crippen LogP contribution in [-0.4, -0.2) is 81.6 Å². The van der Waals surface area contributed by atoms with Crippen molar-refractivity contribution in [3.8, 4) is 0 Å². The summed E-state index contributed by atoms with van der Waals surface area (Å²) >= 11 is 3.63. The predicted octanol–water partition coefficient (Wildman–Crippen LogP) is 5.39. The fourth-order valence-electron chi connectivity index (χ4n) is 8.67. The second kappa shape index (κ2) is 14.3. The second-order valence-electron chi connectivity index (χ2n) is 15.8. The highest BCUT2D eigenvalue weighted by molar-refractivity contribution is 9.11. The van der Waals surface area contributed by atoms with E-state index in [9.17, 15) is 14.7 Å². The Bertz CT molecular complexity index is 1710. The molecule has 1 spiro atoms. The van der Waals surface area contributed by atoms with Crippen molar-refractivity contribution in [3.05, 3.63) is 94.5 Å². The van der Waals surface area contributed by atoms with Crippen molar-refractivity contribution in [2.24, 2.45) is 17.3 Å². The van der Waals surface area contributed by atoms with Crippen LogP contribution in [0.5, 0.6) is 0 Å². The molecule has 5 bridgehead atoms. The van der Waals surface area contributed by atoms with Gasteiger partial charge in [-0.2, -0.15) is 0 Å². The number of hydrogen-bond acceptors (Lipinski definition) is 7. The number of carbonyl (C=O) groups excluding carboxylic acids is 4. The van der Waals surface area contributed by atoms with E-state index in [1.54, 1.807) is 11.0 Å². The molecular weight excluding hydrogens is 714 g/mol. The summed E-state index contributed by atoms with van der Waals surface area (Å²) in [5, 5.41) is 13.9. The molecule has 0 saturated carbocycles. The zero-order chi connectivity index (χ0) is 36.7. The first-order valence-corrected chi connectivity index (χ1v) is 18.5. The Morgan fingerprint density at radius 1 is 0.961 bits per heavy atom. The number of nitrogens with one attached hydrogen (secondary N) is 1. The molecule has 0 aliphatic carbocycles. The van der Waals surface area contributed by atoms with E-state index in [0.29, 0.717) is 28.5 Å². The number of hydrogen-bond donors (Lipinski definition) is 2. The molecule has 0 unspecified atom stereocenters. The average Bonchev–Trinajstić information content (AvgIpc) is 3.67. The van der Waals surface area contributed by atoms with Gasteiger partial charge in [0.25, 0.3) is 0 Å². The van der Waals surface area contributed by atoms with Crippen LogP contribution in [0, 0.1) is 17.3 Å². The van der Waals surface area contributed by atoms with Gasteiger partial charge in [0.15, 0.2) is 0 Å². The van der Waals surface area contributed by atoms with Gasteiger partial charge in [-0.15, -0.1) is 0 Å². The number of aliphatic hydroxyl groups excluding tert-OH is 1. The molecule has 2 N–H and O–H groups in total. The maximum absolute atomic E-state index is 15.5. The Labute approximate surface area is 308 Å². The average molecular weight is 763 g/mol. The summed E-state index contributed by atoms with van der Waals surface area (Å²) in [4.78, 5) is 61.1. The lowest BCUT2D eigenvalue weighted by molar-refractivity contribution is -0.161. The number of halogens is 1. The monoisotopic (exact) mass is 761 g/mol. The highest BCUT2D eigenvalue weighted by Gasteiger charge is 2.76. The first kappa shape index (κ1) is 37.0. The number of ether oxygens (including phenoxy) is 2. The molecule has 10 nitrogen and oxygen atoms in total. The zero-order valence-corrected chi connectivity index (χ0v) is 31.5. The number of aliphatic hydroxyl groups is 1. The number of cyclic esters (lactones) is 1. The van der Waals surface area contributed by atoms with Gasteiger partial charge in [-0.05, 0) is 49.3 Å². The van der Waals surface area contributed by atoms with Crippen molar-refractivity contribution in [2.75, 3.05) is 19.7 Å². The number of carbonyl (C=O) groups is 4. The Hall–Kier alpha value is -3.80. The standard InChI is InChI=1S/C40H48BrN3O7/c1-38(2,3)24-39(4,5)43-20-14-8-13-19-30(46)42-22-29(26-17-11-7-12-18-26)50-37(49)31-32-35(47)44(28(23-45)25-15-9-6-10-16-25)34(36(43)48)40(32)21-27(41)33(31)51-40/h6-12,14-18,21,28-29,31-34,45H,13,19-20,22-24H2,1-5H3,(H,42,46)/b14-8-/t28-,29+,31+,32-,33+,34+,40-/m1/s1. The topological polar surface area (TPSA) is 125 Å². The predicted molar refractivity (Wildman–Crippen MR) is 195 cm³/mol. The molecule has 11 heteroatoms. The molecule has 51 heavy (non-hydrogen) atoms. The third-order valence-electron chi connectivity index (χ3n) is 10.4. The Balaban J connectivity index is 1.51. The molecule has 6 rings (SSSR count). The summed E-state index contributed by atoms with van der Waals surface area (Å²) in [7, 11) is 0. The Morgan fingerprint density at radius 3 is 2.27 bits per heavy atom. The lowest BCUT2D eigenvalue weighted by atomic mass is 9.74. The third-order valence-corrected chi connectivity index (χ3v) is 11.1. The van der Waals surface area contributed by atoms with Crippen LogP contribution < -0.4 is 5.32 Å². The lowest BCUT2D eigenvalue weighted by Crippen LogP contribution is -2.61. The highest BCUT2D eigenvalue weighted by atomic mass is 79.9. The Kier molecular flexibility index (Phi) is 10.4. The number of rotatable bonds is 6. The molecule has 7 atom stereocenters. The smallest absolute Gasteiger partial charge is 0.313 e. The minimum absolute atomic E-state index is 0.0416. The molecule has 0 aromatic heterocycles. The molecule has 2 aromatic rings. The van der Waals surface area contributed by atoms with Crippen LogP contribution in [-0.2, 0) is 28.7 Å². The molecule has 2 saturated heterocycles. The quantitative estimate of drug-likeness (QED) is 0.299. The number of likely N-dealkylation sites (tertiary alicyclic amines) is 1. The van der Waals surface area contributed by atoms with E-state index in [4.69, 9.17) is 9.47 Å². The summed E-state index contributed by atoms with van der Waals surface area (Å²) in [6.45, 7) is 10.2. The van der Waals surface area contributed by atoms with Crippen LogP contribution in [0.15, 0.2) is 83.4 Å². The van der Waals surface area contributed by atoms with E-state index in [1.165, 1.54) is 4.90 Å². The van der Waals surface area contributed by atoms with Gasteiger partial charge < -0.3 is 29.7 Å². The SMILES string of the molecule is CC(C)(C)CC(C)(C)N1C/C=C\CCC(=O)NC[C@@H](c2ccccc2)OC(=O)[C@@H]2[C@H]3O[C@@]4(C=C3Br)[C@H](C1=O)N([C@H](CO)c1ccccc1)C(=O)[C@@H]24. The van der Waals surface area contributed by atoms with Crippen molar-refractivity contribution < 1.29 is 33.8 Å². The van der Waals surface area contributed by atoms with E-state index in [1.807, 2.05) is 86.7 Å². The first-order valence-electron chi connectivity index (χ1n) is 17.7. The van der Waals surface area contributed by atoms with Crippen molar-refractivity contribution in [1.29, 1.82) is 0 Å². The maximum atomic E-state index is 15.5. The van der Waals surface area contributed by atoms with Crippen molar-refractivity contribution >= 4 is 39.6 Å². The van der Waals surface area contributed by atoms with E-state index in [2.05, 4.69) is 42.0 Å². The van der Waals surface area contributed by atoms with Gasteiger partial charge in [0.05, 0.1) is 25.1 Å². The van der Waals surface area contributed by atoms with Crippen molar-refractivity contribution in [3.63, 3.8) is 0 Å². The molecule has 4 aliphatic rings. The molecule has 0 radical (unpaired) electrons. The minimum Gasteiger partial charge on any atom is -0.455 e. The summed E-state index contributed by atoms with van der Waals surface area (Å²) < 4.78 is 13.5. The summed E-state index contributed by atoms with van der Waals surface area (Å²) in [5.41, 5.74) is -1.03. The van der Waals surface area contributed by atoms with Crippen LogP contribution in [0.1, 0.15) is 77.2 Å². The van der Waals surface area contributed by atoms with E-state index >= 15 is 9.59 Å². The number of allylic oxidation sites excluding steroid dienone is 1. The van der Waals surface area contributed by atoms with Gasteiger partial charge in [0, 0.05) is 23.0 Å². The number of benzene rings is 2. The van der Waals surface area contributed by atoms with E-state index in [0.717, 1.165) is 0 Å². The molecule has 4 heterocycles. The second-order valence-corrected chi connectivity index (χ2v) is 16.7. The fraction of sp³-hybridized carbons (Fsp3) is 0.500. The van der Waals surface area contributed by atoms with Crippen LogP contribution in [0.25, 0.3) is 0 Å². The van der Waals surface area contributed by atoms with Crippen LogP contribution in [0.4, 0.5) is 0 Å². The van der Waals surface area contributed by atoms with E-state index in [-0.39, 0.29) is 36.7 Å². The van der Waals surface area contributed by atoms with Gasteiger partial charge >= 0.3 is 5.97 Å². The zero-order valence-electron chi connectivity index (χ0n) is 29.9. The Morgan fingerprint density at radius 2 is 1.63 bits per heavy atom. The van der Waals surface area contributed by atoms with Gasteiger partial charge in [-0.3, -0.25) is 19.2 Å². The lowest BCUT2D eigenvalue weighted by Gasteiger charge is -2.46.